The third-order valence-corrected chi connectivity index (χ3v) is 2.49. The minimum atomic E-state index is -0.624. The monoisotopic (exact) mass is 258 g/mol. The van der Waals surface area contributed by atoms with E-state index in [4.69, 9.17) is 11.5 Å². The molecule has 0 bridgehead atoms. The second-order valence-corrected chi connectivity index (χ2v) is 4.05. The van der Waals surface area contributed by atoms with Gasteiger partial charge in [0.1, 0.15) is 6.29 Å². The zero-order chi connectivity index (χ0) is 14.0. The Labute approximate surface area is 107 Å². The quantitative estimate of drug-likeness (QED) is 0.333. The topological polar surface area (TPSA) is 119 Å². The molecule has 1 unspecified atom stereocenters. The van der Waals surface area contributed by atoms with Crippen LogP contribution >= 0.6 is 0 Å². The molecule has 0 aliphatic carbocycles. The van der Waals surface area contributed by atoms with Crippen molar-refractivity contribution < 1.29 is 14.4 Å². The summed E-state index contributed by atoms with van der Waals surface area (Å²) >= 11 is 0. The lowest BCUT2D eigenvalue weighted by molar-refractivity contribution is -0.133. The van der Waals surface area contributed by atoms with Crippen molar-refractivity contribution >= 4 is 18.1 Å². The van der Waals surface area contributed by atoms with Gasteiger partial charge in [0.2, 0.25) is 11.8 Å². The molecule has 0 fully saturated rings. The number of carbonyl (C=O) groups is 3. The summed E-state index contributed by atoms with van der Waals surface area (Å²) in [5, 5.41) is 2.45. The minimum absolute atomic E-state index is 0.0112. The second-order valence-electron chi connectivity index (χ2n) is 4.05. The van der Waals surface area contributed by atoms with Crippen LogP contribution in [0.2, 0.25) is 0 Å². The summed E-state index contributed by atoms with van der Waals surface area (Å²) in [6.45, 7) is 0.439. The number of hydrogen-bond donors (Lipinski definition) is 3. The first-order valence-corrected chi connectivity index (χ1v) is 5.93. The molecule has 0 aromatic carbocycles. The molecule has 7 nitrogen and oxygen atoms in total. The largest absolute Gasteiger partial charge is 0.346 e. The number of rotatable bonds is 9. The van der Waals surface area contributed by atoms with E-state index in [0.29, 0.717) is 19.3 Å². The Kier molecular flexibility index (Phi) is 8.77. The number of nitrogens with one attached hydrogen (secondary N) is 1. The zero-order valence-electron chi connectivity index (χ0n) is 10.7. The van der Waals surface area contributed by atoms with Crippen LogP contribution in [0.3, 0.4) is 0 Å². The molecule has 0 radical (unpaired) electrons. The van der Waals surface area contributed by atoms with Crippen LogP contribution < -0.4 is 16.8 Å². The van der Waals surface area contributed by atoms with Crippen LogP contribution in [0.25, 0.3) is 0 Å². The van der Waals surface area contributed by atoms with Gasteiger partial charge in [0.25, 0.3) is 0 Å². The molecule has 0 aromatic rings. The fraction of sp³-hybridized carbons (Fsp3) is 0.727. The predicted molar refractivity (Wildman–Crippen MR) is 67.6 cm³/mol. The van der Waals surface area contributed by atoms with Gasteiger partial charge in [-0.1, -0.05) is 6.42 Å². The van der Waals surface area contributed by atoms with E-state index in [1.165, 1.54) is 11.9 Å². The van der Waals surface area contributed by atoms with Crippen LogP contribution in [0.5, 0.6) is 0 Å². The highest BCUT2D eigenvalue weighted by atomic mass is 16.2. The number of aldehydes is 1. The van der Waals surface area contributed by atoms with Gasteiger partial charge < -0.3 is 26.5 Å². The van der Waals surface area contributed by atoms with Gasteiger partial charge in [-0.15, -0.1) is 0 Å². The van der Waals surface area contributed by atoms with Crippen molar-refractivity contribution in [1.29, 1.82) is 0 Å². The van der Waals surface area contributed by atoms with E-state index >= 15 is 0 Å². The molecule has 1 atom stereocenters. The minimum Gasteiger partial charge on any atom is -0.346 e. The standard InChI is InChI=1S/C11H22N4O3/c1-15(6-7-16)10(17)8-14-11(18)9(13)4-2-3-5-12/h7,9H,2-6,8,12-13H2,1H3,(H,14,18). The third-order valence-electron chi connectivity index (χ3n) is 2.49. The number of amides is 2. The molecule has 0 aliphatic rings. The van der Waals surface area contributed by atoms with Crippen LogP contribution in [0, 0.1) is 0 Å². The number of nitrogens with zero attached hydrogens (tertiary/aromatic N) is 1. The van der Waals surface area contributed by atoms with E-state index in [9.17, 15) is 14.4 Å². The summed E-state index contributed by atoms with van der Waals surface area (Å²) < 4.78 is 0. The van der Waals surface area contributed by atoms with Crippen molar-refractivity contribution in [3.05, 3.63) is 0 Å². The van der Waals surface area contributed by atoms with Crippen LogP contribution in [0.15, 0.2) is 0 Å². The maximum absolute atomic E-state index is 11.5. The lowest BCUT2D eigenvalue weighted by atomic mass is 10.1. The molecule has 0 saturated heterocycles. The lowest BCUT2D eigenvalue weighted by Gasteiger charge is -2.16. The van der Waals surface area contributed by atoms with E-state index in [2.05, 4.69) is 5.32 Å². The SMILES string of the molecule is CN(CC=O)C(=O)CNC(=O)C(N)CCCCN. The van der Waals surface area contributed by atoms with Gasteiger partial charge in [-0.25, -0.2) is 0 Å². The Morgan fingerprint density at radius 3 is 2.61 bits per heavy atom. The number of likely N-dealkylation sites (N-methyl/N-ethyl adjacent to an activating group) is 1. The van der Waals surface area contributed by atoms with E-state index in [1.807, 2.05) is 0 Å². The normalized spacial score (nSPS) is 11.7. The smallest absolute Gasteiger partial charge is 0.242 e. The average molecular weight is 258 g/mol. The van der Waals surface area contributed by atoms with Crippen molar-refractivity contribution in [2.75, 3.05) is 26.7 Å². The molecule has 18 heavy (non-hydrogen) atoms. The van der Waals surface area contributed by atoms with E-state index < -0.39 is 6.04 Å². The van der Waals surface area contributed by atoms with Crippen LogP contribution in [0.1, 0.15) is 19.3 Å². The van der Waals surface area contributed by atoms with E-state index in [0.717, 1.165) is 12.8 Å². The first-order chi connectivity index (χ1) is 8.52. The molecule has 0 spiro atoms. The summed E-state index contributed by atoms with van der Waals surface area (Å²) in [7, 11) is 1.49. The maximum atomic E-state index is 11.5. The van der Waals surface area contributed by atoms with Crippen molar-refractivity contribution in [3.8, 4) is 0 Å². The van der Waals surface area contributed by atoms with Gasteiger partial charge in [-0.2, -0.15) is 0 Å². The average Bonchev–Trinajstić information content (AvgIpc) is 2.35. The highest BCUT2D eigenvalue weighted by Crippen LogP contribution is 1.97. The van der Waals surface area contributed by atoms with E-state index in [-0.39, 0.29) is 24.9 Å². The molecule has 0 saturated carbocycles. The van der Waals surface area contributed by atoms with Crippen LogP contribution in [-0.2, 0) is 14.4 Å². The van der Waals surface area contributed by atoms with Crippen LogP contribution in [0.4, 0.5) is 0 Å². The number of carbonyl (C=O) groups excluding carboxylic acids is 3. The first kappa shape index (κ1) is 16.5. The number of nitrogens with two attached hydrogens (primary N) is 2. The molecule has 0 aromatic heterocycles. The number of unbranched alkanes of at least 4 members (excludes halogenated alkanes) is 1. The van der Waals surface area contributed by atoms with Crippen molar-refractivity contribution in [3.63, 3.8) is 0 Å². The Balaban J connectivity index is 3.87. The Bertz CT molecular complexity index is 283. The Morgan fingerprint density at radius 2 is 2.06 bits per heavy atom. The van der Waals surface area contributed by atoms with Crippen molar-refractivity contribution in [1.82, 2.24) is 10.2 Å². The lowest BCUT2D eigenvalue weighted by Crippen LogP contribution is -2.45. The maximum Gasteiger partial charge on any atom is 0.242 e. The molecule has 0 aliphatic heterocycles. The van der Waals surface area contributed by atoms with E-state index in [1.54, 1.807) is 0 Å². The number of hydrogen-bond acceptors (Lipinski definition) is 5. The Morgan fingerprint density at radius 1 is 1.39 bits per heavy atom. The molecule has 5 N–H and O–H groups in total. The summed E-state index contributed by atoms with van der Waals surface area (Å²) in [5.41, 5.74) is 11.0. The van der Waals surface area contributed by atoms with Gasteiger partial charge in [0.05, 0.1) is 19.1 Å². The summed E-state index contributed by atoms with van der Waals surface area (Å²) in [6.07, 6.45) is 2.77. The highest BCUT2D eigenvalue weighted by Gasteiger charge is 2.15. The summed E-state index contributed by atoms with van der Waals surface area (Å²) in [5.74, 6) is -0.690. The third kappa shape index (κ3) is 6.97. The zero-order valence-corrected chi connectivity index (χ0v) is 10.7. The van der Waals surface area contributed by atoms with Gasteiger partial charge in [0.15, 0.2) is 0 Å². The second kappa shape index (κ2) is 9.55. The van der Waals surface area contributed by atoms with Gasteiger partial charge in [-0.05, 0) is 19.4 Å². The van der Waals surface area contributed by atoms with Crippen molar-refractivity contribution in [2.24, 2.45) is 11.5 Å². The molecule has 0 rings (SSSR count). The molecule has 104 valence electrons. The molecule has 2 amide bonds. The molecular weight excluding hydrogens is 236 g/mol. The first-order valence-electron chi connectivity index (χ1n) is 5.93. The predicted octanol–water partition coefficient (Wildman–Crippen LogP) is -1.78. The highest BCUT2D eigenvalue weighted by molar-refractivity contribution is 5.87. The molecule has 0 heterocycles. The molecular formula is C11H22N4O3. The van der Waals surface area contributed by atoms with Gasteiger partial charge in [0, 0.05) is 7.05 Å². The fourth-order valence-electron chi connectivity index (χ4n) is 1.28. The van der Waals surface area contributed by atoms with Crippen molar-refractivity contribution in [2.45, 2.75) is 25.3 Å². The fourth-order valence-corrected chi connectivity index (χ4v) is 1.28. The van der Waals surface area contributed by atoms with Gasteiger partial charge >= 0.3 is 0 Å². The summed E-state index contributed by atoms with van der Waals surface area (Å²) in [6, 6.07) is -0.624. The Hall–Kier alpha value is -1.47. The van der Waals surface area contributed by atoms with Crippen LogP contribution in [-0.4, -0.2) is 55.7 Å². The summed E-state index contributed by atoms with van der Waals surface area (Å²) in [4.78, 5) is 34.4. The molecule has 7 heteroatoms. The van der Waals surface area contributed by atoms with Gasteiger partial charge in [-0.3, -0.25) is 9.59 Å².